The second-order valence-corrected chi connectivity index (χ2v) is 6.95. The number of aliphatic hydroxyl groups excluding tert-OH is 1. The Morgan fingerprint density at radius 1 is 1.04 bits per heavy atom. The lowest BCUT2D eigenvalue weighted by atomic mass is 9.87. The minimum Gasteiger partial charge on any atom is -0.454 e. The van der Waals surface area contributed by atoms with Crippen molar-refractivity contribution >= 4 is 0 Å². The van der Waals surface area contributed by atoms with E-state index in [0.29, 0.717) is 11.5 Å². The molecule has 6 heteroatoms. The third-order valence-corrected chi connectivity index (χ3v) is 5.57. The second kappa shape index (κ2) is 6.07. The van der Waals surface area contributed by atoms with Crippen LogP contribution in [0.3, 0.4) is 0 Å². The molecular formula is C20H21NO5. The van der Waals surface area contributed by atoms with Gasteiger partial charge in [-0.25, -0.2) is 0 Å². The van der Waals surface area contributed by atoms with Gasteiger partial charge in [-0.1, -0.05) is 6.07 Å². The van der Waals surface area contributed by atoms with Crippen LogP contribution in [0, 0.1) is 0 Å². The summed E-state index contributed by atoms with van der Waals surface area (Å²) >= 11 is 0. The molecule has 2 aromatic rings. The Morgan fingerprint density at radius 2 is 1.81 bits per heavy atom. The van der Waals surface area contributed by atoms with Gasteiger partial charge in [0.15, 0.2) is 23.0 Å². The minimum atomic E-state index is -0.0632. The Labute approximate surface area is 151 Å². The maximum absolute atomic E-state index is 9.91. The zero-order valence-corrected chi connectivity index (χ0v) is 14.7. The SMILES string of the molecule is CN1CCc2cc3c(cc2[C@H]1Cc1ccc2c(c1CO)OCO2)OCO3. The molecule has 5 rings (SSSR count). The number of hydrogen-bond acceptors (Lipinski definition) is 6. The average Bonchev–Trinajstić information content (AvgIpc) is 3.30. The molecule has 26 heavy (non-hydrogen) atoms. The third kappa shape index (κ3) is 2.40. The molecule has 3 aliphatic rings. The van der Waals surface area contributed by atoms with Gasteiger partial charge in [-0.15, -0.1) is 0 Å². The van der Waals surface area contributed by atoms with Crippen LogP contribution in [0.15, 0.2) is 24.3 Å². The molecule has 0 bridgehead atoms. The molecule has 0 fully saturated rings. The fraction of sp³-hybridized carbons (Fsp3) is 0.400. The summed E-state index contributed by atoms with van der Waals surface area (Å²) in [6.45, 7) is 1.42. The zero-order chi connectivity index (χ0) is 17.7. The van der Waals surface area contributed by atoms with Gasteiger partial charge in [0.05, 0.1) is 6.61 Å². The third-order valence-electron chi connectivity index (χ3n) is 5.57. The first kappa shape index (κ1) is 15.8. The van der Waals surface area contributed by atoms with Crippen molar-refractivity contribution in [3.8, 4) is 23.0 Å². The van der Waals surface area contributed by atoms with E-state index in [-0.39, 0.29) is 26.2 Å². The van der Waals surface area contributed by atoms with Crippen molar-refractivity contribution in [2.45, 2.75) is 25.5 Å². The van der Waals surface area contributed by atoms with Gasteiger partial charge in [0.1, 0.15) is 0 Å². The van der Waals surface area contributed by atoms with E-state index in [0.717, 1.165) is 42.0 Å². The first-order valence-electron chi connectivity index (χ1n) is 8.88. The smallest absolute Gasteiger partial charge is 0.231 e. The number of aliphatic hydroxyl groups is 1. The molecule has 0 saturated carbocycles. The van der Waals surface area contributed by atoms with Crippen molar-refractivity contribution < 1.29 is 24.1 Å². The number of hydrogen-bond donors (Lipinski definition) is 1. The summed E-state index contributed by atoms with van der Waals surface area (Å²) in [4.78, 5) is 2.36. The van der Waals surface area contributed by atoms with E-state index >= 15 is 0 Å². The zero-order valence-electron chi connectivity index (χ0n) is 14.7. The topological polar surface area (TPSA) is 60.4 Å². The van der Waals surface area contributed by atoms with Gasteiger partial charge < -0.3 is 24.1 Å². The maximum atomic E-state index is 9.91. The maximum Gasteiger partial charge on any atom is 0.231 e. The lowest BCUT2D eigenvalue weighted by Gasteiger charge is -2.35. The van der Waals surface area contributed by atoms with Crippen molar-refractivity contribution in [3.05, 3.63) is 46.5 Å². The van der Waals surface area contributed by atoms with Crippen molar-refractivity contribution in [1.29, 1.82) is 0 Å². The fourth-order valence-electron chi connectivity index (χ4n) is 4.13. The van der Waals surface area contributed by atoms with Crippen LogP contribution in [0.4, 0.5) is 0 Å². The molecule has 1 N–H and O–H groups in total. The largest absolute Gasteiger partial charge is 0.454 e. The number of rotatable bonds is 3. The van der Waals surface area contributed by atoms with E-state index < -0.39 is 0 Å². The molecular weight excluding hydrogens is 334 g/mol. The number of likely N-dealkylation sites (N-methyl/N-ethyl adjacent to an activating group) is 1. The van der Waals surface area contributed by atoms with Gasteiger partial charge >= 0.3 is 0 Å². The Hall–Kier alpha value is -2.44. The summed E-state index contributed by atoms with van der Waals surface area (Å²) in [5.74, 6) is 3.04. The standard InChI is InChI=1S/C20H21NO5/c1-21-5-4-13-7-18-19(25-10-24-18)8-14(13)16(21)6-12-2-3-17-20(15(12)9-22)26-11-23-17/h2-3,7-8,16,22H,4-6,9-11H2,1H3/t16-/m1/s1. The molecule has 6 nitrogen and oxygen atoms in total. The molecule has 0 amide bonds. The molecule has 0 aliphatic carbocycles. The molecule has 3 aliphatic heterocycles. The molecule has 136 valence electrons. The van der Waals surface area contributed by atoms with Crippen LogP contribution >= 0.6 is 0 Å². The van der Waals surface area contributed by atoms with Gasteiger partial charge in [0.25, 0.3) is 0 Å². The number of fused-ring (bicyclic) bond motifs is 3. The van der Waals surface area contributed by atoms with Gasteiger partial charge in [0.2, 0.25) is 13.6 Å². The molecule has 0 unspecified atom stereocenters. The molecule has 3 heterocycles. The molecule has 0 saturated heterocycles. The monoisotopic (exact) mass is 355 g/mol. The lowest BCUT2D eigenvalue weighted by Crippen LogP contribution is -2.33. The minimum absolute atomic E-state index is 0.0632. The summed E-state index contributed by atoms with van der Waals surface area (Å²) in [6, 6.07) is 8.40. The van der Waals surface area contributed by atoms with Crippen LogP contribution in [0.2, 0.25) is 0 Å². The summed E-state index contributed by atoms with van der Waals surface area (Å²) in [5, 5.41) is 9.91. The van der Waals surface area contributed by atoms with Gasteiger partial charge in [-0.2, -0.15) is 0 Å². The molecule has 2 aromatic carbocycles. The van der Waals surface area contributed by atoms with Crippen molar-refractivity contribution in [2.24, 2.45) is 0 Å². The van der Waals surface area contributed by atoms with Gasteiger partial charge in [-0.3, -0.25) is 4.90 Å². The first-order valence-corrected chi connectivity index (χ1v) is 8.88. The summed E-state index contributed by atoms with van der Waals surface area (Å²) in [5.41, 5.74) is 4.48. The lowest BCUT2D eigenvalue weighted by molar-refractivity contribution is 0.171. The van der Waals surface area contributed by atoms with Crippen molar-refractivity contribution in [2.75, 3.05) is 27.2 Å². The highest BCUT2D eigenvalue weighted by molar-refractivity contribution is 5.54. The number of benzene rings is 2. The Bertz CT molecular complexity index is 866. The van der Waals surface area contributed by atoms with E-state index in [2.05, 4.69) is 24.1 Å². The highest BCUT2D eigenvalue weighted by atomic mass is 16.7. The second-order valence-electron chi connectivity index (χ2n) is 6.95. The highest BCUT2D eigenvalue weighted by Gasteiger charge is 2.30. The quantitative estimate of drug-likeness (QED) is 0.912. The van der Waals surface area contributed by atoms with Gasteiger partial charge in [-0.05, 0) is 54.8 Å². The average molecular weight is 355 g/mol. The van der Waals surface area contributed by atoms with Gasteiger partial charge in [0, 0.05) is 18.2 Å². The molecule has 0 radical (unpaired) electrons. The Morgan fingerprint density at radius 3 is 2.65 bits per heavy atom. The van der Waals surface area contributed by atoms with E-state index in [1.807, 2.05) is 12.1 Å². The fourth-order valence-corrected chi connectivity index (χ4v) is 4.13. The van der Waals surface area contributed by atoms with E-state index in [4.69, 9.17) is 18.9 Å². The number of nitrogens with zero attached hydrogens (tertiary/aromatic N) is 1. The summed E-state index contributed by atoms with van der Waals surface area (Å²) in [7, 11) is 2.14. The highest BCUT2D eigenvalue weighted by Crippen LogP contribution is 2.43. The van der Waals surface area contributed by atoms with E-state index in [1.165, 1.54) is 11.1 Å². The summed E-state index contributed by atoms with van der Waals surface area (Å²) in [6.07, 6.45) is 1.78. The molecule has 0 aromatic heterocycles. The Balaban J connectivity index is 1.54. The van der Waals surface area contributed by atoms with E-state index in [1.54, 1.807) is 0 Å². The van der Waals surface area contributed by atoms with E-state index in [9.17, 15) is 5.11 Å². The van der Waals surface area contributed by atoms with Crippen LogP contribution in [0.5, 0.6) is 23.0 Å². The first-order chi connectivity index (χ1) is 12.7. The van der Waals surface area contributed by atoms with Crippen LogP contribution in [-0.2, 0) is 19.4 Å². The number of ether oxygens (including phenoxy) is 4. The van der Waals surface area contributed by atoms with Crippen LogP contribution < -0.4 is 18.9 Å². The normalized spacial score (nSPS) is 20.3. The van der Waals surface area contributed by atoms with Crippen molar-refractivity contribution in [1.82, 2.24) is 4.90 Å². The Kier molecular flexibility index (Phi) is 3.69. The van der Waals surface area contributed by atoms with Crippen LogP contribution in [-0.4, -0.2) is 37.2 Å². The van der Waals surface area contributed by atoms with Crippen LogP contribution in [0.25, 0.3) is 0 Å². The summed E-state index contributed by atoms with van der Waals surface area (Å²) < 4.78 is 22.1. The van der Waals surface area contributed by atoms with Crippen LogP contribution in [0.1, 0.15) is 28.3 Å². The van der Waals surface area contributed by atoms with Crippen molar-refractivity contribution in [3.63, 3.8) is 0 Å². The molecule has 0 spiro atoms. The molecule has 1 atom stereocenters. The predicted molar refractivity (Wildman–Crippen MR) is 93.8 cm³/mol. The predicted octanol–water partition coefficient (Wildman–Crippen LogP) is 2.41.